The molecule has 1 unspecified atom stereocenters. The standard InChI is InChI=1S/C18H23NO/c1-18(19,14-16-6-4-3-5-7-16)13-12-15-8-10-17(20-2)11-9-15/h3-11H,12-14,19H2,1-2H3. The molecule has 0 aromatic heterocycles. The van der Waals surface area contributed by atoms with Gasteiger partial charge in [0.25, 0.3) is 0 Å². The predicted octanol–water partition coefficient (Wildman–Crippen LogP) is 3.59. The van der Waals surface area contributed by atoms with Gasteiger partial charge in [-0.2, -0.15) is 0 Å². The molecule has 0 aliphatic rings. The van der Waals surface area contributed by atoms with E-state index in [0.717, 1.165) is 25.0 Å². The molecule has 106 valence electrons. The van der Waals surface area contributed by atoms with Crippen LogP contribution in [0.1, 0.15) is 24.5 Å². The van der Waals surface area contributed by atoms with Crippen LogP contribution in [0.25, 0.3) is 0 Å². The molecule has 0 aliphatic carbocycles. The number of ether oxygens (including phenoxy) is 1. The van der Waals surface area contributed by atoms with Gasteiger partial charge in [-0.15, -0.1) is 0 Å². The first kappa shape index (κ1) is 14.6. The van der Waals surface area contributed by atoms with E-state index in [0.29, 0.717) is 0 Å². The van der Waals surface area contributed by atoms with Crippen molar-refractivity contribution in [3.63, 3.8) is 0 Å². The summed E-state index contributed by atoms with van der Waals surface area (Å²) in [7, 11) is 1.69. The molecule has 0 bridgehead atoms. The molecule has 20 heavy (non-hydrogen) atoms. The maximum absolute atomic E-state index is 6.43. The normalized spacial score (nSPS) is 13.8. The third kappa shape index (κ3) is 4.39. The Morgan fingerprint density at radius 1 is 0.950 bits per heavy atom. The molecule has 0 aliphatic heterocycles. The van der Waals surface area contributed by atoms with Crippen LogP contribution in [0.5, 0.6) is 5.75 Å². The molecule has 0 saturated heterocycles. The predicted molar refractivity (Wildman–Crippen MR) is 84.1 cm³/mol. The molecular weight excluding hydrogens is 246 g/mol. The zero-order valence-electron chi connectivity index (χ0n) is 12.3. The summed E-state index contributed by atoms with van der Waals surface area (Å²) in [6.07, 6.45) is 2.86. The number of hydrogen-bond donors (Lipinski definition) is 1. The minimum atomic E-state index is -0.179. The van der Waals surface area contributed by atoms with E-state index in [1.54, 1.807) is 7.11 Å². The van der Waals surface area contributed by atoms with E-state index in [4.69, 9.17) is 10.5 Å². The van der Waals surface area contributed by atoms with E-state index in [9.17, 15) is 0 Å². The summed E-state index contributed by atoms with van der Waals surface area (Å²) in [4.78, 5) is 0. The molecule has 2 N–H and O–H groups in total. The highest BCUT2D eigenvalue weighted by molar-refractivity contribution is 5.27. The number of aryl methyl sites for hydroxylation is 1. The Morgan fingerprint density at radius 3 is 2.20 bits per heavy atom. The quantitative estimate of drug-likeness (QED) is 0.870. The van der Waals surface area contributed by atoms with E-state index in [2.05, 4.69) is 43.3 Å². The summed E-state index contributed by atoms with van der Waals surface area (Å²) in [5.41, 5.74) is 8.85. The lowest BCUT2D eigenvalue weighted by Crippen LogP contribution is -2.39. The third-order valence-corrected chi connectivity index (χ3v) is 3.59. The summed E-state index contributed by atoms with van der Waals surface area (Å²) in [6, 6.07) is 18.7. The monoisotopic (exact) mass is 269 g/mol. The Kier molecular flexibility index (Phi) is 4.80. The van der Waals surface area contributed by atoms with Gasteiger partial charge in [0.05, 0.1) is 7.11 Å². The maximum Gasteiger partial charge on any atom is 0.118 e. The highest BCUT2D eigenvalue weighted by atomic mass is 16.5. The molecule has 2 rings (SSSR count). The lowest BCUT2D eigenvalue weighted by atomic mass is 9.88. The van der Waals surface area contributed by atoms with E-state index in [1.807, 2.05) is 18.2 Å². The van der Waals surface area contributed by atoms with Crippen molar-refractivity contribution in [1.29, 1.82) is 0 Å². The summed E-state index contributed by atoms with van der Waals surface area (Å²) in [5.74, 6) is 0.897. The summed E-state index contributed by atoms with van der Waals surface area (Å²) in [6.45, 7) is 2.13. The van der Waals surface area contributed by atoms with Crippen LogP contribution in [-0.4, -0.2) is 12.6 Å². The summed E-state index contributed by atoms with van der Waals surface area (Å²) >= 11 is 0. The number of rotatable bonds is 6. The first-order chi connectivity index (χ1) is 9.59. The molecule has 0 spiro atoms. The molecule has 2 nitrogen and oxygen atoms in total. The fourth-order valence-electron chi connectivity index (χ4n) is 2.37. The Morgan fingerprint density at radius 2 is 1.60 bits per heavy atom. The molecule has 0 amide bonds. The van der Waals surface area contributed by atoms with Crippen LogP contribution in [-0.2, 0) is 12.8 Å². The zero-order valence-corrected chi connectivity index (χ0v) is 12.3. The average Bonchev–Trinajstić information content (AvgIpc) is 2.46. The largest absolute Gasteiger partial charge is 0.497 e. The van der Waals surface area contributed by atoms with Crippen LogP contribution >= 0.6 is 0 Å². The topological polar surface area (TPSA) is 35.2 Å². The fraction of sp³-hybridized carbons (Fsp3) is 0.333. The van der Waals surface area contributed by atoms with Crippen molar-refractivity contribution in [2.75, 3.05) is 7.11 Å². The van der Waals surface area contributed by atoms with Gasteiger partial charge in [0.2, 0.25) is 0 Å². The van der Waals surface area contributed by atoms with Crippen molar-refractivity contribution in [3.8, 4) is 5.75 Å². The number of methoxy groups -OCH3 is 1. The molecule has 1 atom stereocenters. The molecule has 0 fully saturated rings. The van der Waals surface area contributed by atoms with Gasteiger partial charge in [0, 0.05) is 5.54 Å². The molecule has 2 aromatic rings. The van der Waals surface area contributed by atoms with Crippen LogP contribution in [0.4, 0.5) is 0 Å². The first-order valence-corrected chi connectivity index (χ1v) is 7.05. The molecule has 0 heterocycles. The van der Waals surface area contributed by atoms with Crippen molar-refractivity contribution in [3.05, 3.63) is 65.7 Å². The lowest BCUT2D eigenvalue weighted by molar-refractivity contribution is 0.414. The molecular formula is C18H23NO. The molecule has 2 heteroatoms. The second-order valence-corrected chi connectivity index (χ2v) is 5.66. The van der Waals surface area contributed by atoms with E-state index >= 15 is 0 Å². The number of nitrogens with two attached hydrogens (primary N) is 1. The van der Waals surface area contributed by atoms with Crippen LogP contribution in [0.3, 0.4) is 0 Å². The van der Waals surface area contributed by atoms with Crippen LogP contribution in [0.2, 0.25) is 0 Å². The minimum absolute atomic E-state index is 0.179. The average molecular weight is 269 g/mol. The van der Waals surface area contributed by atoms with Gasteiger partial charge in [0.15, 0.2) is 0 Å². The van der Waals surface area contributed by atoms with Crippen molar-refractivity contribution >= 4 is 0 Å². The maximum atomic E-state index is 6.43. The smallest absolute Gasteiger partial charge is 0.118 e. The second kappa shape index (κ2) is 6.58. The van der Waals surface area contributed by atoms with Crippen LogP contribution < -0.4 is 10.5 Å². The van der Waals surface area contributed by atoms with Crippen molar-refractivity contribution in [2.45, 2.75) is 31.7 Å². The minimum Gasteiger partial charge on any atom is -0.497 e. The highest BCUT2D eigenvalue weighted by Gasteiger charge is 2.18. The third-order valence-electron chi connectivity index (χ3n) is 3.59. The van der Waals surface area contributed by atoms with Gasteiger partial charge < -0.3 is 10.5 Å². The number of hydrogen-bond acceptors (Lipinski definition) is 2. The van der Waals surface area contributed by atoms with E-state index in [1.165, 1.54) is 11.1 Å². The van der Waals surface area contributed by atoms with Gasteiger partial charge in [0.1, 0.15) is 5.75 Å². The first-order valence-electron chi connectivity index (χ1n) is 7.05. The molecule has 2 aromatic carbocycles. The van der Waals surface area contributed by atoms with E-state index < -0.39 is 0 Å². The van der Waals surface area contributed by atoms with Gasteiger partial charge in [-0.1, -0.05) is 42.5 Å². The van der Waals surface area contributed by atoms with Crippen molar-refractivity contribution in [2.24, 2.45) is 5.73 Å². The highest BCUT2D eigenvalue weighted by Crippen LogP contribution is 2.19. The van der Waals surface area contributed by atoms with Gasteiger partial charge in [-0.3, -0.25) is 0 Å². The Hall–Kier alpha value is -1.80. The fourth-order valence-corrected chi connectivity index (χ4v) is 2.37. The van der Waals surface area contributed by atoms with Gasteiger partial charge >= 0.3 is 0 Å². The second-order valence-electron chi connectivity index (χ2n) is 5.66. The van der Waals surface area contributed by atoms with Gasteiger partial charge in [-0.05, 0) is 49.4 Å². The zero-order chi connectivity index (χ0) is 14.4. The van der Waals surface area contributed by atoms with E-state index in [-0.39, 0.29) is 5.54 Å². The number of benzene rings is 2. The lowest BCUT2D eigenvalue weighted by Gasteiger charge is -2.25. The van der Waals surface area contributed by atoms with Crippen LogP contribution in [0, 0.1) is 0 Å². The van der Waals surface area contributed by atoms with Crippen molar-refractivity contribution < 1.29 is 4.74 Å². The molecule has 0 saturated carbocycles. The Labute approximate surface area is 121 Å². The van der Waals surface area contributed by atoms with Crippen LogP contribution in [0.15, 0.2) is 54.6 Å². The Bertz CT molecular complexity index is 517. The Balaban J connectivity index is 1.91. The SMILES string of the molecule is COc1ccc(CCC(C)(N)Cc2ccccc2)cc1. The summed E-state index contributed by atoms with van der Waals surface area (Å²) < 4.78 is 5.17. The van der Waals surface area contributed by atoms with Gasteiger partial charge in [-0.25, -0.2) is 0 Å². The van der Waals surface area contributed by atoms with Crippen molar-refractivity contribution in [1.82, 2.24) is 0 Å². The molecule has 0 radical (unpaired) electrons. The summed E-state index contributed by atoms with van der Waals surface area (Å²) in [5, 5.41) is 0.